The van der Waals surface area contributed by atoms with E-state index in [9.17, 15) is 13.2 Å². The van der Waals surface area contributed by atoms with Gasteiger partial charge in [-0.15, -0.1) is 0 Å². The average Bonchev–Trinajstić information content (AvgIpc) is 2.60. The lowest BCUT2D eigenvalue weighted by molar-refractivity contribution is -0.885. The number of rotatable bonds is 8. The first kappa shape index (κ1) is 20.7. The molecule has 2 aromatic carbocycles. The Morgan fingerprint density at radius 1 is 1.11 bits per heavy atom. The van der Waals surface area contributed by atoms with Gasteiger partial charge in [0.15, 0.2) is 18.0 Å². The van der Waals surface area contributed by atoms with Crippen LogP contribution in [0.2, 0.25) is 0 Å². The molecular formula is C18H24N3O5S+. The minimum absolute atomic E-state index is 0.0497. The van der Waals surface area contributed by atoms with Crippen LogP contribution in [-0.4, -0.2) is 42.1 Å². The number of carbonyl (C=O) groups is 1. The van der Waals surface area contributed by atoms with Gasteiger partial charge in [0.25, 0.3) is 5.91 Å². The number of amides is 1. The summed E-state index contributed by atoms with van der Waals surface area (Å²) in [5.41, 5.74) is 1.37. The molecule has 2 rings (SSSR count). The Morgan fingerprint density at radius 3 is 2.44 bits per heavy atom. The molecule has 146 valence electrons. The van der Waals surface area contributed by atoms with E-state index in [1.807, 2.05) is 25.2 Å². The number of carbonyl (C=O) groups excluding carboxylic acids is 1. The number of sulfonamides is 1. The summed E-state index contributed by atoms with van der Waals surface area (Å²) >= 11 is 0. The van der Waals surface area contributed by atoms with Crippen LogP contribution in [0, 0.1) is 0 Å². The van der Waals surface area contributed by atoms with E-state index in [2.05, 4.69) is 5.32 Å². The number of nitrogens with one attached hydrogen (secondary N) is 2. The summed E-state index contributed by atoms with van der Waals surface area (Å²) in [6.45, 7) is 0.805. The Balaban J connectivity index is 1.98. The molecule has 0 aliphatic rings. The van der Waals surface area contributed by atoms with E-state index < -0.39 is 10.0 Å². The maximum absolute atomic E-state index is 12.2. The van der Waals surface area contributed by atoms with Gasteiger partial charge in [0.1, 0.15) is 6.54 Å². The highest BCUT2D eigenvalue weighted by atomic mass is 32.2. The molecule has 0 spiro atoms. The van der Waals surface area contributed by atoms with Crippen LogP contribution in [0.4, 0.5) is 5.69 Å². The van der Waals surface area contributed by atoms with E-state index >= 15 is 0 Å². The minimum atomic E-state index is -3.82. The van der Waals surface area contributed by atoms with Gasteiger partial charge < -0.3 is 19.7 Å². The van der Waals surface area contributed by atoms with Crippen LogP contribution in [0.25, 0.3) is 0 Å². The molecule has 0 saturated carbocycles. The molecule has 0 radical (unpaired) electrons. The van der Waals surface area contributed by atoms with Crippen molar-refractivity contribution in [3.8, 4) is 11.5 Å². The topological polar surface area (TPSA) is 112 Å². The standard InChI is InChI=1S/C18H23N3O5S/c1-21(11-13-7-8-16(25-2)17(9-13)26-3)12-18(22)20-14-5-4-6-15(10-14)27(19,23)24/h4-10H,11-12H2,1-3H3,(H,20,22)(H2,19,23,24)/p+1. The zero-order valence-electron chi connectivity index (χ0n) is 15.5. The third-order valence-corrected chi connectivity index (χ3v) is 4.77. The molecule has 1 unspecified atom stereocenters. The van der Waals surface area contributed by atoms with Gasteiger partial charge in [0.05, 0.1) is 26.2 Å². The summed E-state index contributed by atoms with van der Waals surface area (Å²) in [6, 6.07) is 11.4. The van der Waals surface area contributed by atoms with Gasteiger partial charge in [0.2, 0.25) is 10.0 Å². The molecule has 1 amide bonds. The number of methoxy groups -OCH3 is 2. The second kappa shape index (κ2) is 8.85. The number of hydrogen-bond acceptors (Lipinski definition) is 5. The van der Waals surface area contributed by atoms with Gasteiger partial charge in [-0.1, -0.05) is 6.07 Å². The molecule has 0 heterocycles. The van der Waals surface area contributed by atoms with Crippen molar-refractivity contribution in [2.24, 2.45) is 5.14 Å². The summed E-state index contributed by atoms with van der Waals surface area (Å²) in [5, 5.41) is 7.79. The number of hydrogen-bond donors (Lipinski definition) is 3. The first-order chi connectivity index (χ1) is 12.7. The fourth-order valence-corrected chi connectivity index (χ4v) is 3.19. The predicted octanol–water partition coefficient (Wildman–Crippen LogP) is 0.00460. The number of benzene rings is 2. The van der Waals surface area contributed by atoms with Crippen LogP contribution in [-0.2, 0) is 21.4 Å². The van der Waals surface area contributed by atoms with E-state index in [1.165, 1.54) is 18.2 Å². The van der Waals surface area contributed by atoms with Crippen LogP contribution in [0.3, 0.4) is 0 Å². The van der Waals surface area contributed by atoms with Crippen molar-refractivity contribution in [3.05, 3.63) is 48.0 Å². The smallest absolute Gasteiger partial charge is 0.279 e. The third kappa shape index (κ3) is 5.95. The van der Waals surface area contributed by atoms with Crippen LogP contribution in [0.5, 0.6) is 11.5 Å². The number of ether oxygens (including phenoxy) is 2. The Hall–Kier alpha value is -2.62. The molecule has 2 aromatic rings. The lowest BCUT2D eigenvalue weighted by Crippen LogP contribution is -3.08. The monoisotopic (exact) mass is 394 g/mol. The Morgan fingerprint density at radius 2 is 1.81 bits per heavy atom. The molecule has 9 heteroatoms. The normalized spacial score (nSPS) is 12.3. The maximum Gasteiger partial charge on any atom is 0.279 e. The van der Waals surface area contributed by atoms with Crippen molar-refractivity contribution >= 4 is 21.6 Å². The van der Waals surface area contributed by atoms with E-state index in [-0.39, 0.29) is 17.3 Å². The lowest BCUT2D eigenvalue weighted by Gasteiger charge is -2.15. The van der Waals surface area contributed by atoms with Crippen LogP contribution in [0.15, 0.2) is 47.4 Å². The SMILES string of the molecule is COc1ccc(C[NH+](C)CC(=O)Nc2cccc(S(N)(=O)=O)c2)cc1OC. The number of nitrogens with two attached hydrogens (primary N) is 1. The Kier molecular flexibility index (Phi) is 6.78. The maximum atomic E-state index is 12.2. The molecule has 27 heavy (non-hydrogen) atoms. The van der Waals surface area contributed by atoms with Crippen molar-refractivity contribution in [3.63, 3.8) is 0 Å². The molecular weight excluding hydrogens is 370 g/mol. The Bertz CT molecular complexity index is 915. The molecule has 0 aliphatic carbocycles. The summed E-state index contributed by atoms with van der Waals surface area (Å²) in [7, 11) is 1.21. The summed E-state index contributed by atoms with van der Waals surface area (Å²) in [4.78, 5) is 13.1. The molecule has 1 atom stereocenters. The fraction of sp³-hybridized carbons (Fsp3) is 0.278. The first-order valence-corrected chi connectivity index (χ1v) is 9.72. The average molecular weight is 394 g/mol. The second-order valence-corrected chi connectivity index (χ2v) is 7.68. The zero-order chi connectivity index (χ0) is 20.0. The van der Waals surface area contributed by atoms with Crippen molar-refractivity contribution < 1.29 is 27.6 Å². The lowest BCUT2D eigenvalue weighted by atomic mass is 10.2. The number of primary sulfonamides is 1. The van der Waals surface area contributed by atoms with E-state index in [0.717, 1.165) is 10.5 Å². The minimum Gasteiger partial charge on any atom is -0.493 e. The van der Waals surface area contributed by atoms with E-state index in [0.29, 0.717) is 23.7 Å². The summed E-state index contributed by atoms with van der Waals surface area (Å²) in [5.74, 6) is 1.04. The van der Waals surface area contributed by atoms with Crippen molar-refractivity contribution in [1.29, 1.82) is 0 Å². The molecule has 4 N–H and O–H groups in total. The van der Waals surface area contributed by atoms with E-state index in [4.69, 9.17) is 14.6 Å². The second-order valence-electron chi connectivity index (χ2n) is 6.12. The highest BCUT2D eigenvalue weighted by molar-refractivity contribution is 7.89. The predicted molar refractivity (Wildman–Crippen MR) is 101 cm³/mol. The third-order valence-electron chi connectivity index (χ3n) is 3.86. The quantitative estimate of drug-likeness (QED) is 0.584. The number of anilines is 1. The van der Waals surface area contributed by atoms with Crippen molar-refractivity contribution in [2.45, 2.75) is 11.4 Å². The van der Waals surface area contributed by atoms with Gasteiger partial charge in [0, 0.05) is 11.3 Å². The van der Waals surface area contributed by atoms with Crippen LogP contribution < -0.4 is 24.8 Å². The van der Waals surface area contributed by atoms with Gasteiger partial charge in [-0.05, 0) is 36.4 Å². The molecule has 0 aromatic heterocycles. The van der Waals surface area contributed by atoms with Crippen molar-refractivity contribution in [1.82, 2.24) is 0 Å². The molecule has 0 aliphatic heterocycles. The highest BCUT2D eigenvalue weighted by Gasteiger charge is 2.14. The van der Waals surface area contributed by atoms with Crippen LogP contribution >= 0.6 is 0 Å². The van der Waals surface area contributed by atoms with Gasteiger partial charge in [-0.3, -0.25) is 4.79 Å². The van der Waals surface area contributed by atoms with Crippen LogP contribution in [0.1, 0.15) is 5.56 Å². The molecule has 0 bridgehead atoms. The summed E-state index contributed by atoms with van der Waals surface area (Å²) in [6.07, 6.45) is 0. The van der Waals surface area contributed by atoms with Gasteiger partial charge >= 0.3 is 0 Å². The van der Waals surface area contributed by atoms with E-state index in [1.54, 1.807) is 20.3 Å². The zero-order valence-corrected chi connectivity index (χ0v) is 16.3. The van der Waals surface area contributed by atoms with Gasteiger partial charge in [-0.2, -0.15) is 0 Å². The highest BCUT2D eigenvalue weighted by Crippen LogP contribution is 2.27. The largest absolute Gasteiger partial charge is 0.493 e. The number of likely N-dealkylation sites (N-methyl/N-ethyl adjacent to an activating group) is 1. The summed E-state index contributed by atoms with van der Waals surface area (Å²) < 4.78 is 33.3. The molecule has 8 nitrogen and oxygen atoms in total. The molecule has 0 saturated heterocycles. The fourth-order valence-electron chi connectivity index (χ4n) is 2.63. The number of quaternary nitrogens is 1. The van der Waals surface area contributed by atoms with Crippen molar-refractivity contribution in [2.75, 3.05) is 33.1 Å². The van der Waals surface area contributed by atoms with Gasteiger partial charge in [-0.25, -0.2) is 13.6 Å². The first-order valence-electron chi connectivity index (χ1n) is 8.18. The Labute approximate surface area is 158 Å². The molecule has 0 fully saturated rings.